The molecule has 0 unspecified atom stereocenters. The summed E-state index contributed by atoms with van der Waals surface area (Å²) in [5.41, 5.74) is 0.0903. The molecule has 0 N–H and O–H groups in total. The van der Waals surface area contributed by atoms with Crippen LogP contribution in [0.15, 0.2) is 30.9 Å². The van der Waals surface area contributed by atoms with E-state index in [1.807, 2.05) is 17.8 Å². The summed E-state index contributed by atoms with van der Waals surface area (Å²) in [4.78, 5) is 24.2. The minimum absolute atomic E-state index is 0.0903. The summed E-state index contributed by atoms with van der Waals surface area (Å²) in [6.07, 6.45) is 6.21. The zero-order chi connectivity index (χ0) is 15.5. The average molecular weight is 303 g/mol. The monoisotopic (exact) mass is 303 g/mol. The van der Waals surface area contributed by atoms with E-state index in [1.54, 1.807) is 11.1 Å². The zero-order valence-electron chi connectivity index (χ0n) is 12.4. The number of rotatable bonds is 3. The molecule has 0 aromatic carbocycles. The van der Waals surface area contributed by atoms with Gasteiger partial charge in [0.2, 0.25) is 0 Å². The molecule has 0 aliphatic carbocycles. The molecule has 0 spiro atoms. The summed E-state index contributed by atoms with van der Waals surface area (Å²) in [5.74, 6) is 0.166. The van der Waals surface area contributed by atoms with Crippen molar-refractivity contribution in [2.45, 2.75) is 6.54 Å². The van der Waals surface area contributed by atoms with Gasteiger partial charge in [0.15, 0.2) is 5.82 Å². The highest BCUT2D eigenvalue weighted by Crippen LogP contribution is 2.12. The molecule has 6 nitrogen and oxygen atoms in total. The quantitative estimate of drug-likeness (QED) is 0.846. The number of halogens is 1. The number of piperazine rings is 1. The van der Waals surface area contributed by atoms with Crippen LogP contribution in [-0.2, 0) is 13.6 Å². The number of aryl methyl sites for hydroxylation is 1. The molecule has 0 radical (unpaired) electrons. The van der Waals surface area contributed by atoms with E-state index in [1.165, 1.54) is 12.3 Å². The predicted molar refractivity (Wildman–Crippen MR) is 78.6 cm³/mol. The molecule has 2 aromatic rings. The van der Waals surface area contributed by atoms with Gasteiger partial charge in [0.25, 0.3) is 5.91 Å². The van der Waals surface area contributed by atoms with E-state index in [9.17, 15) is 9.18 Å². The van der Waals surface area contributed by atoms with Crippen molar-refractivity contribution in [2.75, 3.05) is 26.2 Å². The molecule has 116 valence electrons. The minimum Gasteiger partial charge on any atom is -0.337 e. The fraction of sp³-hybridized carbons (Fsp3) is 0.400. The predicted octanol–water partition coefficient (Wildman–Crippen LogP) is 0.912. The van der Waals surface area contributed by atoms with Crippen molar-refractivity contribution in [3.8, 4) is 0 Å². The van der Waals surface area contributed by atoms with Crippen LogP contribution < -0.4 is 0 Å². The van der Waals surface area contributed by atoms with Crippen LogP contribution in [0.1, 0.15) is 16.2 Å². The number of hydrogen-bond donors (Lipinski definition) is 0. The van der Waals surface area contributed by atoms with Crippen molar-refractivity contribution in [2.24, 2.45) is 7.05 Å². The van der Waals surface area contributed by atoms with Gasteiger partial charge in [-0.25, -0.2) is 9.37 Å². The minimum atomic E-state index is -0.567. The molecule has 0 saturated carbocycles. The van der Waals surface area contributed by atoms with Gasteiger partial charge in [0, 0.05) is 51.8 Å². The highest BCUT2D eigenvalue weighted by atomic mass is 19.1. The van der Waals surface area contributed by atoms with Crippen molar-refractivity contribution in [3.63, 3.8) is 0 Å². The topological polar surface area (TPSA) is 54.3 Å². The van der Waals surface area contributed by atoms with Gasteiger partial charge in [-0.05, 0) is 6.07 Å². The van der Waals surface area contributed by atoms with Crippen molar-refractivity contribution >= 4 is 5.91 Å². The van der Waals surface area contributed by atoms with E-state index in [4.69, 9.17) is 0 Å². The lowest BCUT2D eigenvalue weighted by molar-refractivity contribution is 0.0619. The number of imidazole rings is 1. The molecule has 0 atom stereocenters. The second-order valence-corrected chi connectivity index (χ2v) is 5.38. The van der Waals surface area contributed by atoms with Crippen LogP contribution in [0.4, 0.5) is 4.39 Å². The Hall–Kier alpha value is -2.28. The van der Waals surface area contributed by atoms with E-state index in [2.05, 4.69) is 14.9 Å². The van der Waals surface area contributed by atoms with E-state index in [-0.39, 0.29) is 11.5 Å². The molecule has 1 fully saturated rings. The fourth-order valence-electron chi connectivity index (χ4n) is 2.58. The third-order valence-electron chi connectivity index (χ3n) is 3.95. The van der Waals surface area contributed by atoms with Gasteiger partial charge in [-0.3, -0.25) is 14.7 Å². The number of nitrogens with zero attached hydrogens (tertiary/aromatic N) is 5. The highest BCUT2D eigenvalue weighted by molar-refractivity contribution is 5.94. The molecular formula is C15H18FN5O. The molecular weight excluding hydrogens is 285 g/mol. The van der Waals surface area contributed by atoms with Crippen LogP contribution in [0.2, 0.25) is 0 Å². The SMILES string of the molecule is Cn1ccnc1CN1CCN(C(=O)c2ccncc2F)CC1. The lowest BCUT2D eigenvalue weighted by atomic mass is 10.2. The number of hydrogen-bond acceptors (Lipinski definition) is 4. The third-order valence-corrected chi connectivity index (χ3v) is 3.95. The summed E-state index contributed by atoms with van der Waals surface area (Å²) < 4.78 is 15.6. The molecule has 1 aliphatic rings. The molecule has 1 aliphatic heterocycles. The Morgan fingerprint density at radius 2 is 2.05 bits per heavy atom. The van der Waals surface area contributed by atoms with E-state index in [0.29, 0.717) is 13.1 Å². The summed E-state index contributed by atoms with van der Waals surface area (Å²) >= 11 is 0. The fourth-order valence-corrected chi connectivity index (χ4v) is 2.58. The summed E-state index contributed by atoms with van der Waals surface area (Å²) in [5, 5.41) is 0. The number of carbonyl (C=O) groups is 1. The normalized spacial score (nSPS) is 16.0. The van der Waals surface area contributed by atoms with Gasteiger partial charge in [0.1, 0.15) is 5.82 Å². The first-order valence-corrected chi connectivity index (χ1v) is 7.22. The van der Waals surface area contributed by atoms with Crippen LogP contribution in [0.5, 0.6) is 0 Å². The second-order valence-electron chi connectivity index (χ2n) is 5.38. The van der Waals surface area contributed by atoms with E-state index < -0.39 is 5.82 Å². The van der Waals surface area contributed by atoms with Gasteiger partial charge in [-0.2, -0.15) is 0 Å². The van der Waals surface area contributed by atoms with Gasteiger partial charge in [-0.1, -0.05) is 0 Å². The van der Waals surface area contributed by atoms with E-state index in [0.717, 1.165) is 31.7 Å². The Kier molecular flexibility index (Phi) is 4.15. The van der Waals surface area contributed by atoms with Crippen molar-refractivity contribution in [1.82, 2.24) is 24.3 Å². The van der Waals surface area contributed by atoms with Crippen LogP contribution in [0.3, 0.4) is 0 Å². The van der Waals surface area contributed by atoms with Crippen LogP contribution >= 0.6 is 0 Å². The van der Waals surface area contributed by atoms with Crippen LogP contribution in [-0.4, -0.2) is 56.4 Å². The molecule has 1 saturated heterocycles. The van der Waals surface area contributed by atoms with Gasteiger partial charge < -0.3 is 9.47 Å². The lowest BCUT2D eigenvalue weighted by Gasteiger charge is -2.34. The number of pyridine rings is 1. The van der Waals surface area contributed by atoms with Gasteiger partial charge in [0.05, 0.1) is 18.3 Å². The van der Waals surface area contributed by atoms with Gasteiger partial charge >= 0.3 is 0 Å². The molecule has 0 bridgehead atoms. The summed E-state index contributed by atoms with van der Waals surface area (Å²) in [6.45, 7) is 3.45. The highest BCUT2D eigenvalue weighted by Gasteiger charge is 2.24. The second kappa shape index (κ2) is 6.23. The number of amides is 1. The maximum atomic E-state index is 13.6. The first-order valence-electron chi connectivity index (χ1n) is 7.22. The summed E-state index contributed by atoms with van der Waals surface area (Å²) in [6, 6.07) is 1.43. The first kappa shape index (κ1) is 14.6. The van der Waals surface area contributed by atoms with Crippen molar-refractivity contribution in [1.29, 1.82) is 0 Å². The molecule has 3 heterocycles. The Labute approximate surface area is 128 Å². The number of carbonyl (C=O) groups excluding carboxylic acids is 1. The Bertz CT molecular complexity index is 663. The smallest absolute Gasteiger partial charge is 0.257 e. The third kappa shape index (κ3) is 2.99. The zero-order valence-corrected chi connectivity index (χ0v) is 12.4. The maximum Gasteiger partial charge on any atom is 0.257 e. The maximum absolute atomic E-state index is 13.6. The Morgan fingerprint density at radius 3 is 2.68 bits per heavy atom. The van der Waals surface area contributed by atoms with Crippen LogP contribution in [0, 0.1) is 5.82 Å². The molecule has 1 amide bonds. The summed E-state index contributed by atoms with van der Waals surface area (Å²) in [7, 11) is 1.97. The molecule has 2 aromatic heterocycles. The largest absolute Gasteiger partial charge is 0.337 e. The molecule has 3 rings (SSSR count). The Morgan fingerprint density at radius 1 is 1.27 bits per heavy atom. The molecule has 7 heteroatoms. The standard InChI is InChI=1S/C15H18FN5O/c1-19-5-4-18-14(19)11-20-6-8-21(9-7-20)15(22)12-2-3-17-10-13(12)16/h2-5,10H,6-9,11H2,1H3. The van der Waals surface area contributed by atoms with Gasteiger partial charge in [-0.15, -0.1) is 0 Å². The van der Waals surface area contributed by atoms with Crippen LogP contribution in [0.25, 0.3) is 0 Å². The lowest BCUT2D eigenvalue weighted by Crippen LogP contribution is -2.48. The number of aromatic nitrogens is 3. The molecule has 22 heavy (non-hydrogen) atoms. The Balaban J connectivity index is 1.59. The average Bonchev–Trinajstić information content (AvgIpc) is 2.93. The first-order chi connectivity index (χ1) is 10.6. The van der Waals surface area contributed by atoms with E-state index >= 15 is 0 Å². The van der Waals surface area contributed by atoms with Crippen molar-refractivity contribution in [3.05, 3.63) is 48.1 Å². The van der Waals surface area contributed by atoms with Crippen molar-refractivity contribution < 1.29 is 9.18 Å².